The molecule has 15 heavy (non-hydrogen) atoms. The Morgan fingerprint density at radius 1 is 1.20 bits per heavy atom. The number of carbonyl (C=O) groups excluding carboxylic acids is 2. The van der Waals surface area contributed by atoms with E-state index in [4.69, 9.17) is 5.11 Å². The summed E-state index contributed by atoms with van der Waals surface area (Å²) in [6.45, 7) is -0.627. The summed E-state index contributed by atoms with van der Waals surface area (Å²) in [6.07, 6.45) is 0.182. The molecular formula is C8H14N2O5. The zero-order chi connectivity index (χ0) is 11.7. The van der Waals surface area contributed by atoms with Gasteiger partial charge in [-0.05, 0) is 0 Å². The number of amides is 2. The molecule has 0 saturated carbocycles. The third-order valence-corrected chi connectivity index (χ3v) is 1.41. The fourth-order valence-corrected chi connectivity index (χ4v) is 0.723. The smallest absolute Gasteiger partial charge is 0.329 e. The van der Waals surface area contributed by atoms with Gasteiger partial charge in [-0.25, -0.2) is 4.79 Å². The van der Waals surface area contributed by atoms with Crippen molar-refractivity contribution in [1.82, 2.24) is 10.6 Å². The van der Waals surface area contributed by atoms with Crippen molar-refractivity contribution in [3.63, 3.8) is 0 Å². The lowest BCUT2D eigenvalue weighted by Crippen LogP contribution is -2.32. The van der Waals surface area contributed by atoms with E-state index in [1.807, 2.05) is 0 Å². The second-order valence-electron chi connectivity index (χ2n) is 2.66. The average molecular weight is 218 g/mol. The van der Waals surface area contributed by atoms with Gasteiger partial charge in [-0.1, -0.05) is 0 Å². The van der Waals surface area contributed by atoms with Crippen LogP contribution in [0.15, 0.2) is 0 Å². The normalized spacial score (nSPS) is 9.40. The van der Waals surface area contributed by atoms with Crippen LogP contribution in [0.5, 0.6) is 0 Å². The highest BCUT2D eigenvalue weighted by Crippen LogP contribution is 1.79. The van der Waals surface area contributed by atoms with Crippen LogP contribution in [0.4, 0.5) is 0 Å². The summed E-state index contributed by atoms with van der Waals surface area (Å²) in [5, 5.41) is 13.0. The predicted molar refractivity (Wildman–Crippen MR) is 50.1 cm³/mol. The van der Waals surface area contributed by atoms with Crippen molar-refractivity contribution < 1.29 is 24.2 Å². The molecule has 86 valence electrons. The van der Waals surface area contributed by atoms with Crippen LogP contribution in [0.2, 0.25) is 0 Å². The van der Waals surface area contributed by atoms with Crippen molar-refractivity contribution in [2.24, 2.45) is 0 Å². The lowest BCUT2D eigenvalue weighted by molar-refractivity contribution is -0.143. The van der Waals surface area contributed by atoms with Gasteiger partial charge in [0.15, 0.2) is 0 Å². The minimum absolute atomic E-state index is 0.179. The molecule has 7 nitrogen and oxygen atoms in total. The molecule has 0 atom stereocenters. The molecule has 0 heterocycles. The Bertz CT molecular complexity index is 241. The third kappa shape index (κ3) is 8.69. The van der Waals surface area contributed by atoms with Gasteiger partial charge in [0.05, 0.1) is 0 Å². The van der Waals surface area contributed by atoms with Crippen LogP contribution in [-0.2, 0) is 19.1 Å². The minimum Gasteiger partial charge on any atom is -0.480 e. The Morgan fingerprint density at radius 3 is 2.40 bits per heavy atom. The summed E-state index contributed by atoms with van der Waals surface area (Å²) in [5.74, 6) is -1.75. The first-order valence-electron chi connectivity index (χ1n) is 4.33. The Morgan fingerprint density at radius 2 is 1.87 bits per heavy atom. The van der Waals surface area contributed by atoms with E-state index in [9.17, 15) is 14.4 Å². The molecule has 0 aromatic rings. The molecule has 0 aliphatic rings. The van der Waals surface area contributed by atoms with Gasteiger partial charge in [0.1, 0.15) is 13.2 Å². The van der Waals surface area contributed by atoms with E-state index in [0.717, 1.165) is 0 Å². The van der Waals surface area contributed by atoms with E-state index in [1.165, 1.54) is 7.05 Å². The molecule has 0 bridgehead atoms. The Balaban J connectivity index is 3.41. The summed E-state index contributed by atoms with van der Waals surface area (Å²) < 4.78 is 4.53. The third-order valence-electron chi connectivity index (χ3n) is 1.41. The van der Waals surface area contributed by atoms with E-state index < -0.39 is 18.5 Å². The fourth-order valence-electron chi connectivity index (χ4n) is 0.723. The van der Waals surface area contributed by atoms with Crippen LogP contribution < -0.4 is 10.6 Å². The van der Waals surface area contributed by atoms with Gasteiger partial charge in [0.2, 0.25) is 11.8 Å². The molecule has 0 rings (SSSR count). The number of carboxylic acid groups (broad SMARTS) is 1. The summed E-state index contributed by atoms with van der Waals surface area (Å²) in [6, 6.07) is 0. The minimum atomic E-state index is -1.13. The maximum Gasteiger partial charge on any atom is 0.329 e. The molecule has 0 radical (unpaired) electrons. The second-order valence-corrected chi connectivity index (χ2v) is 2.66. The molecule has 0 unspecified atom stereocenters. The lowest BCUT2D eigenvalue weighted by atomic mass is 10.4. The zero-order valence-corrected chi connectivity index (χ0v) is 8.41. The first-order chi connectivity index (χ1) is 7.06. The number of carboxylic acids is 1. The van der Waals surface area contributed by atoms with E-state index >= 15 is 0 Å². The summed E-state index contributed by atoms with van der Waals surface area (Å²) >= 11 is 0. The summed E-state index contributed by atoms with van der Waals surface area (Å²) in [7, 11) is 1.50. The number of ether oxygens (including phenoxy) is 1. The number of carbonyl (C=O) groups is 3. The highest BCUT2D eigenvalue weighted by molar-refractivity contribution is 5.79. The number of hydrogen-bond donors (Lipinski definition) is 3. The largest absolute Gasteiger partial charge is 0.480 e. The first kappa shape index (κ1) is 13.4. The van der Waals surface area contributed by atoms with E-state index in [-0.39, 0.29) is 25.5 Å². The molecule has 0 saturated heterocycles. The van der Waals surface area contributed by atoms with Crippen molar-refractivity contribution in [1.29, 1.82) is 0 Å². The molecule has 0 aliphatic heterocycles. The van der Waals surface area contributed by atoms with E-state index in [1.54, 1.807) is 0 Å². The monoisotopic (exact) mass is 218 g/mol. The van der Waals surface area contributed by atoms with Crippen molar-refractivity contribution >= 4 is 17.8 Å². The Hall–Kier alpha value is -1.63. The van der Waals surface area contributed by atoms with Gasteiger partial charge in [-0.15, -0.1) is 0 Å². The topological polar surface area (TPSA) is 105 Å². The van der Waals surface area contributed by atoms with E-state index in [0.29, 0.717) is 0 Å². The average Bonchev–Trinajstić information content (AvgIpc) is 2.17. The highest BCUT2D eigenvalue weighted by atomic mass is 16.5. The maximum atomic E-state index is 10.9. The van der Waals surface area contributed by atoms with Crippen molar-refractivity contribution in [2.75, 3.05) is 26.8 Å². The molecule has 2 amide bonds. The SMILES string of the molecule is CNC(=O)CCNC(=O)COCC(=O)O. The predicted octanol–water partition coefficient (Wildman–Crippen LogP) is -1.66. The Labute approximate surface area is 86.8 Å². The van der Waals surface area contributed by atoms with Crippen LogP contribution in [-0.4, -0.2) is 49.7 Å². The van der Waals surface area contributed by atoms with Crippen molar-refractivity contribution in [3.8, 4) is 0 Å². The summed E-state index contributed by atoms with van der Waals surface area (Å²) in [5.41, 5.74) is 0. The number of nitrogens with one attached hydrogen (secondary N) is 2. The molecule has 0 aliphatic carbocycles. The van der Waals surface area contributed by atoms with Crippen LogP contribution in [0, 0.1) is 0 Å². The fraction of sp³-hybridized carbons (Fsp3) is 0.625. The number of hydrogen-bond acceptors (Lipinski definition) is 4. The Kier molecular flexibility index (Phi) is 6.90. The quantitative estimate of drug-likeness (QED) is 0.474. The first-order valence-corrected chi connectivity index (χ1v) is 4.33. The molecule has 0 aromatic carbocycles. The second kappa shape index (κ2) is 7.74. The van der Waals surface area contributed by atoms with Gasteiger partial charge < -0.3 is 20.5 Å². The molecule has 0 fully saturated rings. The molecule has 0 spiro atoms. The van der Waals surface area contributed by atoms with Crippen molar-refractivity contribution in [2.45, 2.75) is 6.42 Å². The van der Waals surface area contributed by atoms with Crippen LogP contribution in [0.1, 0.15) is 6.42 Å². The van der Waals surface area contributed by atoms with Crippen LogP contribution in [0.3, 0.4) is 0 Å². The van der Waals surface area contributed by atoms with E-state index in [2.05, 4.69) is 15.4 Å². The van der Waals surface area contributed by atoms with Gasteiger partial charge in [-0.3, -0.25) is 9.59 Å². The number of aliphatic carboxylic acids is 1. The molecular weight excluding hydrogens is 204 g/mol. The van der Waals surface area contributed by atoms with Gasteiger partial charge in [-0.2, -0.15) is 0 Å². The zero-order valence-electron chi connectivity index (χ0n) is 8.41. The van der Waals surface area contributed by atoms with Crippen molar-refractivity contribution in [3.05, 3.63) is 0 Å². The van der Waals surface area contributed by atoms with Gasteiger partial charge in [0, 0.05) is 20.0 Å². The lowest BCUT2D eigenvalue weighted by Gasteiger charge is -2.04. The van der Waals surface area contributed by atoms with Crippen LogP contribution in [0.25, 0.3) is 0 Å². The molecule has 7 heteroatoms. The standard InChI is InChI=1S/C8H14N2O5/c1-9-6(11)2-3-10-7(12)4-15-5-8(13)14/h2-5H2,1H3,(H,9,11)(H,10,12)(H,13,14). The molecule has 0 aromatic heterocycles. The highest BCUT2D eigenvalue weighted by Gasteiger charge is 2.04. The summed E-state index contributed by atoms with van der Waals surface area (Å²) in [4.78, 5) is 31.7. The number of rotatable bonds is 7. The maximum absolute atomic E-state index is 10.9. The molecule has 3 N–H and O–H groups in total. The van der Waals surface area contributed by atoms with Gasteiger partial charge >= 0.3 is 5.97 Å². The van der Waals surface area contributed by atoms with Crippen LogP contribution >= 0.6 is 0 Å². The van der Waals surface area contributed by atoms with Gasteiger partial charge in [0.25, 0.3) is 0 Å².